The van der Waals surface area contributed by atoms with Gasteiger partial charge in [0.1, 0.15) is 0 Å². The van der Waals surface area contributed by atoms with Gasteiger partial charge in [0.05, 0.1) is 22.7 Å². The van der Waals surface area contributed by atoms with Gasteiger partial charge in [-0.25, -0.2) is 0 Å². The Morgan fingerprint density at radius 1 is 1.19 bits per heavy atom. The number of carbonyl (C=O) groups excluding carboxylic acids is 1. The maximum atomic E-state index is 12.8. The smallest absolute Gasteiger partial charge is 0.236 e. The van der Waals surface area contributed by atoms with Gasteiger partial charge in [0.2, 0.25) is 5.91 Å². The molecule has 4 rings (SSSR count). The summed E-state index contributed by atoms with van der Waals surface area (Å²) >= 11 is 5.91. The maximum absolute atomic E-state index is 12.8. The zero-order valence-electron chi connectivity index (χ0n) is 13.7. The third-order valence-electron chi connectivity index (χ3n) is 4.56. The van der Waals surface area contributed by atoms with E-state index in [1.165, 1.54) is 0 Å². The number of amides is 1. The van der Waals surface area contributed by atoms with Crippen LogP contribution < -0.4 is 5.32 Å². The van der Waals surface area contributed by atoms with E-state index < -0.39 is 5.41 Å². The molecule has 128 valence electrons. The predicted octanol–water partition coefficient (Wildman–Crippen LogP) is 4.54. The van der Waals surface area contributed by atoms with Crippen molar-refractivity contribution in [3.8, 4) is 17.4 Å². The molecule has 1 amide bonds. The summed E-state index contributed by atoms with van der Waals surface area (Å²) in [5, 5.41) is 16.6. The Balaban J connectivity index is 1.56. The zero-order valence-corrected chi connectivity index (χ0v) is 14.5. The minimum absolute atomic E-state index is 0.136. The van der Waals surface area contributed by atoms with E-state index in [1.807, 2.05) is 18.2 Å². The Labute approximate surface area is 155 Å². The topological polar surface area (TPSA) is 78.9 Å². The highest BCUT2D eigenvalue weighted by atomic mass is 35.5. The number of carbonyl (C=O) groups is 1. The van der Waals surface area contributed by atoms with Crippen LogP contribution in [-0.2, 0) is 10.2 Å². The lowest BCUT2D eigenvalue weighted by molar-refractivity contribution is -0.118. The number of hydrogen-bond acceptors (Lipinski definition) is 4. The third kappa shape index (κ3) is 2.96. The van der Waals surface area contributed by atoms with Crippen LogP contribution in [0.15, 0.2) is 59.1 Å². The van der Waals surface area contributed by atoms with Gasteiger partial charge < -0.3 is 9.84 Å². The molecule has 5 nitrogen and oxygen atoms in total. The molecule has 0 unspecified atom stereocenters. The molecule has 1 saturated carbocycles. The zero-order chi connectivity index (χ0) is 18.1. The first-order valence-electron chi connectivity index (χ1n) is 8.15. The number of nitriles is 1. The molecule has 1 fully saturated rings. The van der Waals surface area contributed by atoms with Crippen molar-refractivity contribution in [1.82, 2.24) is 5.16 Å². The Morgan fingerprint density at radius 3 is 2.65 bits per heavy atom. The molecule has 0 bridgehead atoms. The van der Waals surface area contributed by atoms with Crippen molar-refractivity contribution in [2.75, 3.05) is 5.32 Å². The van der Waals surface area contributed by atoms with E-state index in [1.54, 1.807) is 36.4 Å². The highest BCUT2D eigenvalue weighted by Gasteiger charge is 2.53. The molecule has 1 aromatic heterocycles. The molecule has 0 aliphatic heterocycles. The Hall–Kier alpha value is -3.10. The van der Waals surface area contributed by atoms with E-state index >= 15 is 0 Å². The summed E-state index contributed by atoms with van der Waals surface area (Å²) in [5.74, 6) is 0.464. The molecule has 0 atom stereocenters. The second-order valence-corrected chi connectivity index (χ2v) is 6.75. The van der Waals surface area contributed by atoms with Gasteiger partial charge in [-0.2, -0.15) is 5.26 Å². The number of hydrogen-bond donors (Lipinski definition) is 1. The molecule has 2 aromatic carbocycles. The van der Waals surface area contributed by atoms with Gasteiger partial charge in [-0.3, -0.25) is 4.79 Å². The minimum Gasteiger partial charge on any atom is -0.356 e. The summed E-state index contributed by atoms with van der Waals surface area (Å²) in [6.07, 6.45) is 1.42. The van der Waals surface area contributed by atoms with E-state index in [9.17, 15) is 4.79 Å². The van der Waals surface area contributed by atoms with Crippen molar-refractivity contribution < 1.29 is 9.32 Å². The fourth-order valence-electron chi connectivity index (χ4n) is 2.89. The molecule has 1 heterocycles. The Kier molecular flexibility index (Phi) is 3.98. The lowest BCUT2D eigenvalue weighted by atomic mass is 10.00. The summed E-state index contributed by atoms with van der Waals surface area (Å²) < 4.78 is 5.44. The molecule has 1 aliphatic rings. The standard InChI is InChI=1S/C20H14ClN3O2/c21-15-6-4-14(5-7-15)17-11-18(24-26-17)20(8-9-20)19(25)23-16-3-1-2-13(10-16)12-22/h1-7,10-11H,8-9H2,(H,23,25). The van der Waals surface area contributed by atoms with E-state index in [0.717, 1.165) is 5.56 Å². The van der Waals surface area contributed by atoms with Gasteiger partial charge in [0.25, 0.3) is 0 Å². The Bertz CT molecular complexity index is 1010. The van der Waals surface area contributed by atoms with Crippen LogP contribution >= 0.6 is 11.6 Å². The van der Waals surface area contributed by atoms with Crippen LogP contribution in [0.25, 0.3) is 11.3 Å². The summed E-state index contributed by atoms with van der Waals surface area (Å²) in [5.41, 5.74) is 1.90. The monoisotopic (exact) mass is 363 g/mol. The van der Waals surface area contributed by atoms with E-state index in [2.05, 4.69) is 16.5 Å². The molecule has 6 heteroatoms. The number of halogens is 1. The van der Waals surface area contributed by atoms with Gasteiger partial charge in [0, 0.05) is 22.3 Å². The van der Waals surface area contributed by atoms with Gasteiger partial charge in [-0.15, -0.1) is 0 Å². The molecule has 0 radical (unpaired) electrons. The largest absolute Gasteiger partial charge is 0.356 e. The van der Waals surface area contributed by atoms with Crippen LogP contribution in [0.3, 0.4) is 0 Å². The molecule has 26 heavy (non-hydrogen) atoms. The second kappa shape index (κ2) is 6.32. The van der Waals surface area contributed by atoms with Gasteiger partial charge in [-0.05, 0) is 55.3 Å². The summed E-state index contributed by atoms with van der Waals surface area (Å²) in [6.45, 7) is 0. The van der Waals surface area contributed by atoms with Crippen LogP contribution in [0.4, 0.5) is 5.69 Å². The van der Waals surface area contributed by atoms with Gasteiger partial charge >= 0.3 is 0 Å². The highest BCUT2D eigenvalue weighted by Crippen LogP contribution is 2.49. The maximum Gasteiger partial charge on any atom is 0.236 e. The van der Waals surface area contributed by atoms with Crippen molar-refractivity contribution in [3.05, 3.63) is 70.9 Å². The van der Waals surface area contributed by atoms with Crippen LogP contribution in [0.1, 0.15) is 24.1 Å². The predicted molar refractivity (Wildman–Crippen MR) is 97.6 cm³/mol. The lowest BCUT2D eigenvalue weighted by Gasteiger charge is -2.12. The van der Waals surface area contributed by atoms with E-state index in [4.69, 9.17) is 21.4 Å². The molecule has 3 aromatic rings. The fourth-order valence-corrected chi connectivity index (χ4v) is 3.02. The Morgan fingerprint density at radius 2 is 1.96 bits per heavy atom. The van der Waals surface area contributed by atoms with Crippen molar-refractivity contribution in [3.63, 3.8) is 0 Å². The normalized spacial score (nSPS) is 14.5. The second-order valence-electron chi connectivity index (χ2n) is 6.31. The van der Waals surface area contributed by atoms with Crippen molar-refractivity contribution in [2.24, 2.45) is 0 Å². The van der Waals surface area contributed by atoms with E-state index in [-0.39, 0.29) is 5.91 Å². The molecule has 0 spiro atoms. The average Bonchev–Trinajstić information content (AvgIpc) is 3.33. The van der Waals surface area contributed by atoms with Crippen LogP contribution in [-0.4, -0.2) is 11.1 Å². The SMILES string of the molecule is N#Cc1cccc(NC(=O)C2(c3cc(-c4ccc(Cl)cc4)on3)CC2)c1. The molecule has 1 aliphatic carbocycles. The van der Waals surface area contributed by atoms with Crippen LogP contribution in [0, 0.1) is 11.3 Å². The van der Waals surface area contributed by atoms with Crippen LogP contribution in [0.5, 0.6) is 0 Å². The average molecular weight is 364 g/mol. The first kappa shape index (κ1) is 16.4. The number of nitrogens with one attached hydrogen (secondary N) is 1. The number of nitrogens with zero attached hydrogens (tertiary/aromatic N) is 2. The molecule has 1 N–H and O–H groups in total. The summed E-state index contributed by atoms with van der Waals surface area (Å²) in [6, 6.07) is 18.0. The fraction of sp³-hybridized carbons (Fsp3) is 0.150. The number of aromatic nitrogens is 1. The van der Waals surface area contributed by atoms with Crippen molar-refractivity contribution in [2.45, 2.75) is 18.3 Å². The summed E-state index contributed by atoms with van der Waals surface area (Å²) in [7, 11) is 0. The molecular weight excluding hydrogens is 350 g/mol. The van der Waals surface area contributed by atoms with E-state index in [0.29, 0.717) is 40.6 Å². The van der Waals surface area contributed by atoms with Crippen molar-refractivity contribution in [1.29, 1.82) is 5.26 Å². The highest BCUT2D eigenvalue weighted by molar-refractivity contribution is 6.30. The quantitative estimate of drug-likeness (QED) is 0.738. The number of rotatable bonds is 4. The van der Waals surface area contributed by atoms with Crippen LogP contribution in [0.2, 0.25) is 5.02 Å². The number of benzene rings is 2. The van der Waals surface area contributed by atoms with Crippen molar-refractivity contribution >= 4 is 23.2 Å². The molecule has 0 saturated heterocycles. The lowest BCUT2D eigenvalue weighted by Crippen LogP contribution is -2.28. The first-order valence-corrected chi connectivity index (χ1v) is 8.53. The third-order valence-corrected chi connectivity index (χ3v) is 4.82. The number of anilines is 1. The minimum atomic E-state index is -0.670. The molecular formula is C20H14ClN3O2. The van der Waals surface area contributed by atoms with Gasteiger partial charge in [-0.1, -0.05) is 22.8 Å². The van der Waals surface area contributed by atoms with Gasteiger partial charge in [0.15, 0.2) is 5.76 Å². The summed E-state index contributed by atoms with van der Waals surface area (Å²) in [4.78, 5) is 12.8. The first-order chi connectivity index (χ1) is 12.6.